The molecule has 3 aliphatic rings. The molecule has 0 unspecified atom stereocenters. The molecule has 1 N–H and O–H groups in total. The van der Waals surface area contributed by atoms with Gasteiger partial charge < -0.3 is 5.11 Å². The van der Waals surface area contributed by atoms with E-state index in [4.69, 9.17) is 0 Å². The zero-order valence-corrected chi connectivity index (χ0v) is 15.1. The van der Waals surface area contributed by atoms with Crippen LogP contribution < -0.4 is 0 Å². The van der Waals surface area contributed by atoms with Crippen molar-refractivity contribution in [2.75, 3.05) is 0 Å². The predicted molar refractivity (Wildman–Crippen MR) is 98.3 cm³/mol. The van der Waals surface area contributed by atoms with Crippen molar-refractivity contribution in [2.24, 2.45) is 11.3 Å². The Labute approximate surface area is 142 Å². The highest BCUT2D eigenvalue weighted by Gasteiger charge is 2.33. The van der Waals surface area contributed by atoms with Crippen molar-refractivity contribution >= 4 is 0 Å². The average Bonchev–Trinajstić information content (AvgIpc) is 2.96. The number of aliphatic hydroxyl groups excluding tert-OH is 1. The number of hydrogen-bond acceptors (Lipinski definition) is 1. The summed E-state index contributed by atoms with van der Waals surface area (Å²) < 4.78 is 0. The van der Waals surface area contributed by atoms with Crippen molar-refractivity contribution in [3.05, 3.63) is 34.9 Å². The molecule has 0 bridgehead atoms. The van der Waals surface area contributed by atoms with Gasteiger partial charge in [0, 0.05) is 0 Å². The maximum atomic E-state index is 9.87. The maximum absolute atomic E-state index is 9.87. The highest BCUT2D eigenvalue weighted by atomic mass is 16.3. The molecule has 0 spiro atoms. The number of allylic oxidation sites excluding steroid dienone is 6. The standard InChI is InChI=1S/C22H34O/c1-3-18-9-6-10-20(22(2)13-11-21(23)12-14-22)16-19(18)15-17-7-4-5-8-17/h6,10,16-17,21,23H,3-5,7-9,11-15H2,1-2H3. The van der Waals surface area contributed by atoms with E-state index < -0.39 is 0 Å². The molecule has 2 fully saturated rings. The number of aliphatic hydroxyl groups is 1. The third-order valence-electron chi connectivity index (χ3n) is 6.61. The first kappa shape index (κ1) is 17.0. The van der Waals surface area contributed by atoms with Crippen molar-refractivity contribution < 1.29 is 5.11 Å². The van der Waals surface area contributed by atoms with Crippen LogP contribution in [0.3, 0.4) is 0 Å². The summed E-state index contributed by atoms with van der Waals surface area (Å²) in [5.41, 5.74) is 5.09. The van der Waals surface area contributed by atoms with Crippen molar-refractivity contribution in [3.8, 4) is 0 Å². The van der Waals surface area contributed by atoms with Gasteiger partial charge in [0.2, 0.25) is 0 Å². The Bertz CT molecular complexity index is 494. The molecule has 0 aromatic rings. The summed E-state index contributed by atoms with van der Waals surface area (Å²) in [6, 6.07) is 0. The summed E-state index contributed by atoms with van der Waals surface area (Å²) >= 11 is 0. The molecule has 0 radical (unpaired) electrons. The van der Waals surface area contributed by atoms with Gasteiger partial charge in [-0.1, -0.05) is 63.3 Å². The van der Waals surface area contributed by atoms with Crippen LogP contribution in [0.5, 0.6) is 0 Å². The molecule has 0 amide bonds. The van der Waals surface area contributed by atoms with Crippen LogP contribution in [0.1, 0.15) is 84.5 Å². The topological polar surface area (TPSA) is 20.2 Å². The summed E-state index contributed by atoms with van der Waals surface area (Å²) in [7, 11) is 0. The maximum Gasteiger partial charge on any atom is 0.0540 e. The molecule has 0 aromatic carbocycles. The Balaban J connectivity index is 1.83. The van der Waals surface area contributed by atoms with E-state index in [0.29, 0.717) is 0 Å². The Morgan fingerprint density at radius 2 is 1.83 bits per heavy atom. The monoisotopic (exact) mass is 314 g/mol. The Hall–Kier alpha value is -0.820. The second-order valence-electron chi connectivity index (χ2n) is 8.33. The van der Waals surface area contributed by atoms with Crippen LogP contribution in [0.25, 0.3) is 0 Å². The van der Waals surface area contributed by atoms with Gasteiger partial charge in [-0.15, -0.1) is 0 Å². The molecule has 0 aliphatic heterocycles. The highest BCUT2D eigenvalue weighted by Crippen LogP contribution is 2.45. The normalized spacial score (nSPS) is 33.0. The second-order valence-corrected chi connectivity index (χ2v) is 8.33. The van der Waals surface area contributed by atoms with E-state index >= 15 is 0 Å². The van der Waals surface area contributed by atoms with Crippen LogP contribution in [0, 0.1) is 11.3 Å². The first-order valence-corrected chi connectivity index (χ1v) is 9.88. The largest absolute Gasteiger partial charge is 0.393 e. The molecule has 3 aliphatic carbocycles. The Morgan fingerprint density at radius 3 is 2.48 bits per heavy atom. The summed E-state index contributed by atoms with van der Waals surface area (Å²) in [5.74, 6) is 0.920. The van der Waals surface area contributed by atoms with Crippen LogP contribution in [0.2, 0.25) is 0 Å². The van der Waals surface area contributed by atoms with Crippen molar-refractivity contribution in [1.29, 1.82) is 0 Å². The summed E-state index contributed by atoms with van der Waals surface area (Å²) in [4.78, 5) is 0. The minimum atomic E-state index is -0.0712. The first-order chi connectivity index (χ1) is 11.1. The minimum Gasteiger partial charge on any atom is -0.393 e. The molecule has 1 nitrogen and oxygen atoms in total. The van der Waals surface area contributed by atoms with Gasteiger partial charge in [-0.25, -0.2) is 0 Å². The van der Waals surface area contributed by atoms with Gasteiger partial charge in [0.15, 0.2) is 0 Å². The molecule has 0 atom stereocenters. The van der Waals surface area contributed by atoms with Crippen molar-refractivity contribution in [2.45, 2.75) is 90.6 Å². The zero-order chi connectivity index (χ0) is 16.3. The number of rotatable bonds is 4. The van der Waals surface area contributed by atoms with Gasteiger partial charge in [0.05, 0.1) is 6.10 Å². The first-order valence-electron chi connectivity index (χ1n) is 9.88. The van der Waals surface area contributed by atoms with E-state index in [0.717, 1.165) is 38.0 Å². The molecule has 1 heteroatoms. The molecule has 128 valence electrons. The Kier molecular flexibility index (Phi) is 5.46. The van der Waals surface area contributed by atoms with Crippen LogP contribution in [-0.2, 0) is 0 Å². The van der Waals surface area contributed by atoms with Gasteiger partial charge in [0.1, 0.15) is 0 Å². The van der Waals surface area contributed by atoms with Gasteiger partial charge in [-0.3, -0.25) is 0 Å². The van der Waals surface area contributed by atoms with Crippen molar-refractivity contribution in [1.82, 2.24) is 0 Å². The van der Waals surface area contributed by atoms with Crippen LogP contribution in [0.4, 0.5) is 0 Å². The third kappa shape index (κ3) is 3.99. The van der Waals surface area contributed by atoms with Gasteiger partial charge in [-0.2, -0.15) is 0 Å². The summed E-state index contributed by atoms with van der Waals surface area (Å²) in [5, 5.41) is 9.87. The van der Waals surface area contributed by atoms with E-state index in [9.17, 15) is 5.11 Å². The zero-order valence-electron chi connectivity index (χ0n) is 15.1. The quantitative estimate of drug-likeness (QED) is 0.664. The molecule has 0 heterocycles. The lowest BCUT2D eigenvalue weighted by molar-refractivity contribution is 0.0881. The lowest BCUT2D eigenvalue weighted by Gasteiger charge is -2.37. The third-order valence-corrected chi connectivity index (χ3v) is 6.61. The van der Waals surface area contributed by atoms with E-state index in [-0.39, 0.29) is 11.5 Å². The molecular formula is C22H34O. The molecule has 0 aromatic heterocycles. The number of hydrogen-bond donors (Lipinski definition) is 1. The van der Waals surface area contributed by atoms with E-state index in [1.807, 2.05) is 0 Å². The fraction of sp³-hybridized carbons (Fsp3) is 0.727. The fourth-order valence-corrected chi connectivity index (χ4v) is 4.80. The van der Waals surface area contributed by atoms with E-state index in [1.165, 1.54) is 44.1 Å². The van der Waals surface area contributed by atoms with Crippen LogP contribution >= 0.6 is 0 Å². The molecule has 2 saturated carbocycles. The van der Waals surface area contributed by atoms with Gasteiger partial charge in [0.25, 0.3) is 0 Å². The lowest BCUT2D eigenvalue weighted by atomic mass is 9.69. The minimum absolute atomic E-state index is 0.0712. The second kappa shape index (κ2) is 7.38. The molecule has 0 saturated heterocycles. The average molecular weight is 315 g/mol. The van der Waals surface area contributed by atoms with Crippen LogP contribution in [-0.4, -0.2) is 11.2 Å². The van der Waals surface area contributed by atoms with Gasteiger partial charge >= 0.3 is 0 Å². The fourth-order valence-electron chi connectivity index (χ4n) is 4.80. The molecule has 3 rings (SSSR count). The van der Waals surface area contributed by atoms with Gasteiger partial charge in [-0.05, 0) is 67.4 Å². The molecule has 23 heavy (non-hydrogen) atoms. The molecular weight excluding hydrogens is 280 g/mol. The predicted octanol–water partition coefficient (Wildman–Crippen LogP) is 6.10. The highest BCUT2D eigenvalue weighted by molar-refractivity contribution is 5.41. The lowest BCUT2D eigenvalue weighted by Crippen LogP contribution is -2.28. The van der Waals surface area contributed by atoms with E-state index in [2.05, 4.69) is 32.1 Å². The SMILES string of the molecule is CCC1=C(CC2CCCC2)C=C(C2(C)CCC(O)CC2)C=CC1. The van der Waals surface area contributed by atoms with Crippen LogP contribution in [0.15, 0.2) is 34.9 Å². The van der Waals surface area contributed by atoms with E-state index in [1.54, 1.807) is 11.1 Å². The van der Waals surface area contributed by atoms with Crippen molar-refractivity contribution in [3.63, 3.8) is 0 Å². The summed E-state index contributed by atoms with van der Waals surface area (Å²) in [6.07, 6.45) is 20.8. The summed E-state index contributed by atoms with van der Waals surface area (Å²) in [6.45, 7) is 4.73. The smallest absolute Gasteiger partial charge is 0.0540 e. The Morgan fingerprint density at radius 1 is 1.13 bits per heavy atom.